The van der Waals surface area contributed by atoms with Crippen LogP contribution in [0.2, 0.25) is 0 Å². The van der Waals surface area contributed by atoms with E-state index in [0.29, 0.717) is 18.1 Å². The van der Waals surface area contributed by atoms with E-state index >= 15 is 0 Å². The third kappa shape index (κ3) is 3.60. The standard InChI is InChI=1S/C21H21N5O/c1-3-15-6-10-17(11-7-15)22-13-18-12-19(27)26-21(23-18)24-20(25-26)16-8-4-14(2)5-9-16/h4-12,22H,3,13H2,1-2H3,(H,23,24,25). The maximum absolute atomic E-state index is 12.4. The number of anilines is 1. The minimum absolute atomic E-state index is 0.201. The molecule has 2 aromatic heterocycles. The van der Waals surface area contributed by atoms with Gasteiger partial charge in [0.1, 0.15) is 0 Å². The number of hydrogen-bond donors (Lipinski definition) is 2. The minimum Gasteiger partial charge on any atom is -0.379 e. The monoisotopic (exact) mass is 359 g/mol. The molecule has 0 aliphatic rings. The highest BCUT2D eigenvalue weighted by Gasteiger charge is 2.10. The fourth-order valence-corrected chi connectivity index (χ4v) is 2.91. The van der Waals surface area contributed by atoms with Crippen LogP contribution in [0.1, 0.15) is 23.7 Å². The molecule has 2 heterocycles. The van der Waals surface area contributed by atoms with Crippen LogP contribution in [0.15, 0.2) is 59.4 Å². The Kier molecular flexibility index (Phi) is 4.46. The average molecular weight is 359 g/mol. The smallest absolute Gasteiger partial charge is 0.275 e. The van der Waals surface area contributed by atoms with Crippen molar-refractivity contribution >= 4 is 11.5 Å². The van der Waals surface area contributed by atoms with Crippen molar-refractivity contribution in [3.05, 3.63) is 81.8 Å². The molecule has 4 rings (SSSR count). The van der Waals surface area contributed by atoms with Crippen molar-refractivity contribution < 1.29 is 0 Å². The molecule has 0 radical (unpaired) electrons. The first-order valence-corrected chi connectivity index (χ1v) is 9.01. The zero-order valence-corrected chi connectivity index (χ0v) is 15.4. The Labute approximate surface area is 156 Å². The normalized spacial score (nSPS) is 11.0. The number of fused-ring (bicyclic) bond motifs is 1. The van der Waals surface area contributed by atoms with E-state index in [1.807, 2.05) is 43.3 Å². The number of benzene rings is 2. The second kappa shape index (κ2) is 7.07. The van der Waals surface area contributed by atoms with Crippen molar-refractivity contribution in [3.8, 4) is 11.4 Å². The number of nitrogens with zero attached hydrogens (tertiary/aromatic N) is 3. The zero-order valence-electron chi connectivity index (χ0n) is 15.4. The summed E-state index contributed by atoms with van der Waals surface area (Å²) >= 11 is 0. The molecule has 6 heteroatoms. The van der Waals surface area contributed by atoms with Crippen molar-refractivity contribution in [2.75, 3.05) is 5.32 Å². The lowest BCUT2D eigenvalue weighted by Gasteiger charge is -2.07. The van der Waals surface area contributed by atoms with Crippen molar-refractivity contribution in [1.82, 2.24) is 19.6 Å². The van der Waals surface area contributed by atoms with Gasteiger partial charge >= 0.3 is 0 Å². The quantitative estimate of drug-likeness (QED) is 0.571. The molecule has 0 atom stereocenters. The Morgan fingerprint density at radius 3 is 2.52 bits per heavy atom. The predicted octanol–water partition coefficient (Wildman–Crippen LogP) is 3.57. The Balaban J connectivity index is 1.59. The lowest BCUT2D eigenvalue weighted by molar-refractivity contribution is 0.879. The topological polar surface area (TPSA) is 75.1 Å². The molecule has 0 aliphatic carbocycles. The summed E-state index contributed by atoms with van der Waals surface area (Å²) in [6.07, 6.45) is 1.01. The van der Waals surface area contributed by atoms with Gasteiger partial charge in [-0.15, -0.1) is 5.10 Å². The molecular weight excluding hydrogens is 338 g/mol. The largest absolute Gasteiger partial charge is 0.379 e. The third-order valence-electron chi connectivity index (χ3n) is 4.54. The second-order valence-electron chi connectivity index (χ2n) is 6.57. The summed E-state index contributed by atoms with van der Waals surface area (Å²) in [5.41, 5.74) is 4.91. The molecule has 2 N–H and O–H groups in total. The van der Waals surface area contributed by atoms with Crippen molar-refractivity contribution in [2.45, 2.75) is 26.8 Å². The van der Waals surface area contributed by atoms with Crippen LogP contribution in [0.4, 0.5) is 5.69 Å². The summed E-state index contributed by atoms with van der Waals surface area (Å²) in [5, 5.41) is 7.65. The maximum atomic E-state index is 12.4. The van der Waals surface area contributed by atoms with Crippen LogP contribution in [-0.4, -0.2) is 19.6 Å². The van der Waals surface area contributed by atoms with Gasteiger partial charge < -0.3 is 10.3 Å². The van der Waals surface area contributed by atoms with E-state index < -0.39 is 0 Å². The molecule has 0 aliphatic heterocycles. The molecule has 2 aromatic carbocycles. The van der Waals surface area contributed by atoms with Crippen LogP contribution in [0.5, 0.6) is 0 Å². The number of aromatic amines is 1. The van der Waals surface area contributed by atoms with E-state index in [0.717, 1.165) is 23.4 Å². The summed E-state index contributed by atoms with van der Waals surface area (Å²) in [6.45, 7) is 4.66. The molecule has 0 saturated carbocycles. The predicted molar refractivity (Wildman–Crippen MR) is 107 cm³/mol. The summed E-state index contributed by atoms with van der Waals surface area (Å²) in [7, 11) is 0. The number of H-pyrrole nitrogens is 1. The Hall–Kier alpha value is -3.41. The molecule has 0 fully saturated rings. The van der Waals surface area contributed by atoms with E-state index in [1.165, 1.54) is 15.6 Å². The van der Waals surface area contributed by atoms with Crippen molar-refractivity contribution in [3.63, 3.8) is 0 Å². The number of aromatic nitrogens is 4. The molecule has 0 bridgehead atoms. The molecular formula is C21H21N5O. The van der Waals surface area contributed by atoms with Crippen LogP contribution in [-0.2, 0) is 13.0 Å². The molecule has 0 saturated heterocycles. The van der Waals surface area contributed by atoms with E-state index in [-0.39, 0.29) is 5.56 Å². The molecule has 4 aromatic rings. The van der Waals surface area contributed by atoms with Gasteiger partial charge in [-0.2, -0.15) is 9.50 Å². The molecule has 0 spiro atoms. The van der Waals surface area contributed by atoms with Crippen LogP contribution < -0.4 is 10.9 Å². The van der Waals surface area contributed by atoms with Gasteiger partial charge in [-0.3, -0.25) is 4.79 Å². The van der Waals surface area contributed by atoms with Gasteiger partial charge in [-0.05, 0) is 31.0 Å². The van der Waals surface area contributed by atoms with Gasteiger partial charge in [0.05, 0.1) is 6.54 Å². The fraction of sp³-hybridized carbons (Fsp3) is 0.190. The number of aryl methyl sites for hydroxylation is 2. The summed E-state index contributed by atoms with van der Waals surface area (Å²) < 4.78 is 1.30. The highest BCUT2D eigenvalue weighted by Crippen LogP contribution is 2.16. The highest BCUT2D eigenvalue weighted by molar-refractivity contribution is 5.57. The van der Waals surface area contributed by atoms with E-state index in [4.69, 9.17) is 0 Å². The molecule has 6 nitrogen and oxygen atoms in total. The first-order chi connectivity index (χ1) is 13.1. The third-order valence-corrected chi connectivity index (χ3v) is 4.54. The number of rotatable bonds is 5. The van der Waals surface area contributed by atoms with Crippen LogP contribution in [0.3, 0.4) is 0 Å². The van der Waals surface area contributed by atoms with Gasteiger partial charge in [0.2, 0.25) is 5.78 Å². The van der Waals surface area contributed by atoms with Crippen LogP contribution in [0.25, 0.3) is 17.2 Å². The second-order valence-corrected chi connectivity index (χ2v) is 6.57. The van der Waals surface area contributed by atoms with E-state index in [2.05, 4.69) is 39.4 Å². The number of hydrogen-bond acceptors (Lipinski definition) is 4. The highest BCUT2D eigenvalue weighted by atomic mass is 16.1. The van der Waals surface area contributed by atoms with Crippen LogP contribution in [0, 0.1) is 6.92 Å². The molecule has 0 amide bonds. The van der Waals surface area contributed by atoms with Crippen LogP contribution >= 0.6 is 0 Å². The summed E-state index contributed by atoms with van der Waals surface area (Å²) in [4.78, 5) is 20.1. The van der Waals surface area contributed by atoms with Gasteiger partial charge in [-0.1, -0.05) is 48.9 Å². The summed E-state index contributed by atoms with van der Waals surface area (Å²) in [6, 6.07) is 17.7. The first-order valence-electron chi connectivity index (χ1n) is 9.01. The lowest BCUT2D eigenvalue weighted by Crippen LogP contribution is -2.17. The van der Waals surface area contributed by atoms with E-state index in [9.17, 15) is 4.79 Å². The van der Waals surface area contributed by atoms with Gasteiger partial charge in [0.15, 0.2) is 5.82 Å². The van der Waals surface area contributed by atoms with E-state index in [1.54, 1.807) is 6.07 Å². The van der Waals surface area contributed by atoms with Gasteiger partial charge in [0.25, 0.3) is 5.56 Å². The van der Waals surface area contributed by atoms with Crippen molar-refractivity contribution in [2.24, 2.45) is 0 Å². The molecule has 0 unspecified atom stereocenters. The van der Waals surface area contributed by atoms with Crippen molar-refractivity contribution in [1.29, 1.82) is 0 Å². The van der Waals surface area contributed by atoms with Gasteiger partial charge in [0, 0.05) is 23.0 Å². The summed E-state index contributed by atoms with van der Waals surface area (Å²) in [5.74, 6) is 0.972. The zero-order chi connectivity index (χ0) is 18.8. The number of nitrogens with one attached hydrogen (secondary N) is 2. The Bertz CT molecular complexity index is 1120. The first kappa shape index (κ1) is 17.0. The lowest BCUT2D eigenvalue weighted by atomic mass is 10.1. The SMILES string of the molecule is CCc1ccc(NCc2cc(=O)n3nc(-c4ccc(C)cc4)nc3[nH]2)cc1. The minimum atomic E-state index is -0.201. The van der Waals surface area contributed by atoms with Gasteiger partial charge in [-0.25, -0.2) is 0 Å². The molecule has 136 valence electrons. The molecule has 27 heavy (non-hydrogen) atoms. The maximum Gasteiger partial charge on any atom is 0.275 e. The Morgan fingerprint density at radius 2 is 1.81 bits per heavy atom. The Morgan fingerprint density at radius 1 is 1.07 bits per heavy atom. The average Bonchev–Trinajstić information content (AvgIpc) is 3.12. The fourth-order valence-electron chi connectivity index (χ4n) is 2.91.